The smallest absolute Gasteiger partial charge is 0.311 e. The second-order valence-electron chi connectivity index (χ2n) is 7.58. The van der Waals surface area contributed by atoms with E-state index in [0.29, 0.717) is 29.0 Å². The first-order valence-electron chi connectivity index (χ1n) is 11.4. The SMILES string of the molecule is CCCCOc1c(OCCCC)c(OC(=O)CCCC)c2ccc(Cl)cc2c1OC(C)=O. The molecule has 2 aromatic rings. The van der Waals surface area contributed by atoms with Gasteiger partial charge in [-0.05, 0) is 37.5 Å². The molecule has 0 amide bonds. The van der Waals surface area contributed by atoms with E-state index in [-0.39, 0.29) is 35.4 Å². The summed E-state index contributed by atoms with van der Waals surface area (Å²) >= 11 is 6.25. The lowest BCUT2D eigenvalue weighted by atomic mass is 10.1. The lowest BCUT2D eigenvalue weighted by Crippen LogP contribution is -2.13. The molecule has 0 saturated heterocycles. The van der Waals surface area contributed by atoms with Gasteiger partial charge in [0.15, 0.2) is 11.5 Å². The number of halogens is 1. The highest BCUT2D eigenvalue weighted by Crippen LogP contribution is 2.52. The lowest BCUT2D eigenvalue weighted by molar-refractivity contribution is -0.135. The van der Waals surface area contributed by atoms with E-state index in [4.69, 9.17) is 30.5 Å². The Kier molecular flexibility index (Phi) is 10.6. The highest BCUT2D eigenvalue weighted by atomic mass is 35.5. The molecule has 7 heteroatoms. The molecule has 0 aliphatic carbocycles. The van der Waals surface area contributed by atoms with Gasteiger partial charge in [0, 0.05) is 29.1 Å². The largest absolute Gasteiger partial charge is 0.486 e. The lowest BCUT2D eigenvalue weighted by Gasteiger charge is -2.21. The fourth-order valence-corrected chi connectivity index (χ4v) is 3.26. The third-order valence-electron chi connectivity index (χ3n) is 4.77. The molecule has 0 aliphatic rings. The Balaban J connectivity index is 2.74. The molecule has 0 heterocycles. The molecule has 0 aromatic heterocycles. The molecule has 0 N–H and O–H groups in total. The number of esters is 2. The molecule has 0 radical (unpaired) electrons. The van der Waals surface area contributed by atoms with Crippen LogP contribution in [0.4, 0.5) is 0 Å². The highest BCUT2D eigenvalue weighted by Gasteiger charge is 2.27. The molecular weight excluding hydrogens is 432 g/mol. The van der Waals surface area contributed by atoms with Crippen LogP contribution in [0.2, 0.25) is 5.02 Å². The average molecular weight is 465 g/mol. The normalized spacial score (nSPS) is 10.8. The van der Waals surface area contributed by atoms with Gasteiger partial charge in [-0.2, -0.15) is 0 Å². The van der Waals surface area contributed by atoms with E-state index in [1.165, 1.54) is 6.92 Å². The zero-order valence-electron chi connectivity index (χ0n) is 19.4. The molecule has 0 fully saturated rings. The molecule has 2 rings (SSSR count). The number of hydrogen-bond donors (Lipinski definition) is 0. The predicted molar refractivity (Wildman–Crippen MR) is 126 cm³/mol. The van der Waals surface area contributed by atoms with Gasteiger partial charge in [0.05, 0.1) is 13.2 Å². The van der Waals surface area contributed by atoms with Crippen molar-refractivity contribution in [3.8, 4) is 23.0 Å². The molecule has 6 nitrogen and oxygen atoms in total. The summed E-state index contributed by atoms with van der Waals surface area (Å²) in [5, 5.41) is 1.53. The Bertz CT molecular complexity index is 925. The van der Waals surface area contributed by atoms with Gasteiger partial charge in [-0.1, -0.05) is 51.6 Å². The second-order valence-corrected chi connectivity index (χ2v) is 8.02. The molecule has 32 heavy (non-hydrogen) atoms. The van der Waals surface area contributed by atoms with Gasteiger partial charge < -0.3 is 18.9 Å². The quantitative estimate of drug-likeness (QED) is 0.183. The first-order valence-corrected chi connectivity index (χ1v) is 11.7. The van der Waals surface area contributed by atoms with Gasteiger partial charge >= 0.3 is 11.9 Å². The number of carbonyl (C=O) groups excluding carboxylic acids is 2. The number of unbranched alkanes of at least 4 members (excludes halogenated alkanes) is 3. The van der Waals surface area contributed by atoms with E-state index >= 15 is 0 Å². The average Bonchev–Trinajstić information content (AvgIpc) is 2.75. The van der Waals surface area contributed by atoms with E-state index in [1.807, 2.05) is 6.92 Å². The first kappa shape index (κ1) is 25.8. The molecule has 0 aliphatic heterocycles. The summed E-state index contributed by atoms with van der Waals surface area (Å²) in [4.78, 5) is 24.5. The van der Waals surface area contributed by atoms with Crippen molar-refractivity contribution >= 4 is 34.3 Å². The third kappa shape index (κ3) is 7.02. The second kappa shape index (κ2) is 13.2. The van der Waals surface area contributed by atoms with Crippen LogP contribution in [-0.2, 0) is 9.59 Å². The fourth-order valence-electron chi connectivity index (χ4n) is 3.08. The summed E-state index contributed by atoms with van der Waals surface area (Å²) in [5.74, 6) is 0.132. The van der Waals surface area contributed by atoms with Crippen LogP contribution in [0.25, 0.3) is 10.8 Å². The van der Waals surface area contributed by atoms with E-state index in [9.17, 15) is 9.59 Å². The molecule has 0 atom stereocenters. The van der Waals surface area contributed by atoms with Gasteiger partial charge in [0.25, 0.3) is 0 Å². The highest BCUT2D eigenvalue weighted by molar-refractivity contribution is 6.31. The Morgan fingerprint density at radius 2 is 1.34 bits per heavy atom. The van der Waals surface area contributed by atoms with E-state index in [1.54, 1.807) is 18.2 Å². The van der Waals surface area contributed by atoms with Crippen molar-refractivity contribution in [3.05, 3.63) is 23.2 Å². The van der Waals surface area contributed by atoms with Crippen molar-refractivity contribution in [3.63, 3.8) is 0 Å². The molecule has 0 bridgehead atoms. The number of carbonyl (C=O) groups is 2. The fraction of sp³-hybridized carbons (Fsp3) is 0.520. The molecular formula is C25H33ClO6. The molecule has 0 unspecified atom stereocenters. The summed E-state index contributed by atoms with van der Waals surface area (Å²) in [7, 11) is 0. The minimum absolute atomic E-state index is 0.214. The predicted octanol–water partition coefficient (Wildman–Crippen LogP) is 6.87. The van der Waals surface area contributed by atoms with Crippen LogP contribution < -0.4 is 18.9 Å². The molecule has 176 valence electrons. The number of ether oxygens (including phenoxy) is 4. The Morgan fingerprint density at radius 1 is 0.781 bits per heavy atom. The minimum Gasteiger partial charge on any atom is -0.486 e. The van der Waals surface area contributed by atoms with Crippen molar-refractivity contribution in [1.82, 2.24) is 0 Å². The van der Waals surface area contributed by atoms with Gasteiger partial charge in [0.2, 0.25) is 11.5 Å². The van der Waals surface area contributed by atoms with Crippen molar-refractivity contribution in [1.29, 1.82) is 0 Å². The molecule has 2 aromatic carbocycles. The van der Waals surface area contributed by atoms with Gasteiger partial charge in [-0.3, -0.25) is 9.59 Å². The first-order chi connectivity index (χ1) is 15.4. The van der Waals surface area contributed by atoms with Crippen LogP contribution in [0, 0.1) is 0 Å². The van der Waals surface area contributed by atoms with Crippen LogP contribution >= 0.6 is 11.6 Å². The van der Waals surface area contributed by atoms with Crippen molar-refractivity contribution in [2.24, 2.45) is 0 Å². The van der Waals surface area contributed by atoms with E-state index < -0.39 is 5.97 Å². The summed E-state index contributed by atoms with van der Waals surface area (Å²) in [6.07, 6.45) is 5.34. The van der Waals surface area contributed by atoms with Gasteiger partial charge in [0.1, 0.15) is 0 Å². The van der Waals surface area contributed by atoms with Crippen molar-refractivity contribution in [2.75, 3.05) is 13.2 Å². The van der Waals surface area contributed by atoms with Crippen LogP contribution in [0.1, 0.15) is 72.6 Å². The summed E-state index contributed by atoms with van der Waals surface area (Å²) in [6, 6.07) is 5.09. The standard InChI is InChI=1S/C25H33ClO6/c1-5-8-11-21(28)32-22-19-13-12-18(26)16-20(19)23(31-17(4)27)25(30-15-10-7-3)24(22)29-14-9-6-2/h12-13,16H,5-11,14-15H2,1-4H3. The Hall–Kier alpha value is -2.47. The van der Waals surface area contributed by atoms with Crippen LogP contribution in [0.15, 0.2) is 18.2 Å². The molecule has 0 saturated carbocycles. The van der Waals surface area contributed by atoms with Crippen molar-refractivity contribution in [2.45, 2.75) is 72.6 Å². The van der Waals surface area contributed by atoms with E-state index in [0.717, 1.165) is 38.5 Å². The number of hydrogen-bond acceptors (Lipinski definition) is 6. The Morgan fingerprint density at radius 3 is 1.88 bits per heavy atom. The maximum absolute atomic E-state index is 12.6. The third-order valence-corrected chi connectivity index (χ3v) is 5.01. The Labute approximate surface area is 195 Å². The van der Waals surface area contributed by atoms with Crippen molar-refractivity contribution < 1.29 is 28.5 Å². The van der Waals surface area contributed by atoms with Crippen LogP contribution in [-0.4, -0.2) is 25.2 Å². The minimum atomic E-state index is -0.501. The number of rotatable bonds is 13. The zero-order valence-corrected chi connectivity index (χ0v) is 20.2. The topological polar surface area (TPSA) is 71.1 Å². The number of benzene rings is 2. The van der Waals surface area contributed by atoms with Crippen LogP contribution in [0.3, 0.4) is 0 Å². The summed E-state index contributed by atoms with van der Waals surface area (Å²) < 4.78 is 23.5. The van der Waals surface area contributed by atoms with Crippen LogP contribution in [0.5, 0.6) is 23.0 Å². The van der Waals surface area contributed by atoms with Gasteiger partial charge in [-0.15, -0.1) is 0 Å². The maximum Gasteiger partial charge on any atom is 0.311 e. The zero-order chi connectivity index (χ0) is 23.5. The summed E-state index contributed by atoms with van der Waals surface area (Å²) in [5.41, 5.74) is 0. The maximum atomic E-state index is 12.6. The number of fused-ring (bicyclic) bond motifs is 1. The summed E-state index contributed by atoms with van der Waals surface area (Å²) in [6.45, 7) is 8.24. The van der Waals surface area contributed by atoms with Gasteiger partial charge in [-0.25, -0.2) is 0 Å². The van der Waals surface area contributed by atoms with E-state index in [2.05, 4.69) is 13.8 Å². The molecule has 0 spiro atoms. The monoisotopic (exact) mass is 464 g/mol.